The molecule has 0 aliphatic heterocycles. The second kappa shape index (κ2) is 25.7. The summed E-state index contributed by atoms with van der Waals surface area (Å²) in [5.74, 6) is -13.4. The zero-order chi connectivity index (χ0) is 51.8. The molecule has 0 aliphatic rings. The van der Waals surface area contributed by atoms with E-state index in [4.69, 9.17) is 29.3 Å². The minimum Gasteiger partial charge on any atom is -0.478 e. The van der Waals surface area contributed by atoms with Gasteiger partial charge in [-0.15, -0.1) is 0 Å². The summed E-state index contributed by atoms with van der Waals surface area (Å²) in [6.07, 6.45) is 3.28. The Labute approximate surface area is 376 Å². The largest absolute Gasteiger partial charge is 0.478 e. The number of furan rings is 5. The number of carboxylic acids is 4. The van der Waals surface area contributed by atoms with Crippen molar-refractivity contribution in [3.05, 3.63) is 87.0 Å². The van der Waals surface area contributed by atoms with Gasteiger partial charge in [0.1, 0.15) is 33.0 Å². The molecule has 0 amide bonds. The van der Waals surface area contributed by atoms with Gasteiger partial charge in [0.25, 0.3) is 0 Å². The van der Waals surface area contributed by atoms with Crippen molar-refractivity contribution in [1.82, 2.24) is 0 Å². The molecular weight excluding hydrogens is 956 g/mol. The molecule has 30 nitrogen and oxygen atoms in total. The Kier molecular flexibility index (Phi) is 22.1. The van der Waals surface area contributed by atoms with Crippen molar-refractivity contribution in [3.63, 3.8) is 0 Å². The van der Waals surface area contributed by atoms with E-state index in [1.165, 1.54) is 14.2 Å². The van der Waals surface area contributed by atoms with Gasteiger partial charge in [-0.25, -0.2) is 67.1 Å². The van der Waals surface area contributed by atoms with E-state index >= 15 is 0 Å². The summed E-state index contributed by atoms with van der Waals surface area (Å²) in [6, 6.07) is 0. The fraction of sp³-hybridized carbons (Fsp3) is 0.243. The third-order valence-electron chi connectivity index (χ3n) is 6.85. The van der Waals surface area contributed by atoms with Crippen molar-refractivity contribution in [1.29, 1.82) is 0 Å². The molecule has 5 aromatic heterocycles. The third-order valence-corrected chi connectivity index (χ3v) is 6.85. The van der Waals surface area contributed by atoms with Crippen molar-refractivity contribution in [2.45, 2.75) is 7.43 Å². The zero-order valence-electron chi connectivity index (χ0n) is 34.8. The standard InChI is InChI=1S/C12H12O9.C8H4O9.C8O7.C6H6O4.C2H6OS.CH4/c1-17-9(13)5-6(10(14)18-2)8(12(16)20-4)21-7(5)11(15)19-3;9-5(10)1-2(6(11)12)4(8(15)16)17-3(1)7(13)14;9-5-1-2-4(8(12)15-6(2)10)13-3(1)7(11)14-5;1-9-5(7)3-4-6(8)10-2;1-4(2)3;/h1-4H3;(H,9,10)(H,11,12)(H,13,14)(H,15,16);;1-2H3;1-2H3;1H4. The van der Waals surface area contributed by atoms with Crippen molar-refractivity contribution in [3.8, 4) is 11.8 Å². The summed E-state index contributed by atoms with van der Waals surface area (Å²) in [7, 11) is 5.84. The molecule has 5 aromatic rings. The first kappa shape index (κ1) is 58.5. The van der Waals surface area contributed by atoms with Crippen molar-refractivity contribution < 1.29 is 123 Å². The maximum Gasteiger partial charge on any atom is 0.384 e. The Morgan fingerprint density at radius 1 is 0.412 bits per heavy atom. The molecular formula is C37H32O30S. The van der Waals surface area contributed by atoms with Crippen LogP contribution in [0.2, 0.25) is 0 Å². The van der Waals surface area contributed by atoms with Crippen LogP contribution < -0.4 is 22.5 Å². The summed E-state index contributed by atoms with van der Waals surface area (Å²) in [6.45, 7) is 0. The summed E-state index contributed by atoms with van der Waals surface area (Å²) in [4.78, 5) is 154. The van der Waals surface area contributed by atoms with Crippen molar-refractivity contribution >= 4 is 92.4 Å². The van der Waals surface area contributed by atoms with Crippen LogP contribution in [-0.2, 0) is 48.8 Å². The molecule has 0 radical (unpaired) electrons. The first-order chi connectivity index (χ1) is 31.2. The first-order valence-electron chi connectivity index (χ1n) is 16.5. The first-order valence-corrected chi connectivity index (χ1v) is 18.4. The number of aromatic carboxylic acids is 4. The number of rotatable bonds is 8. The fourth-order valence-corrected chi connectivity index (χ4v) is 4.31. The van der Waals surface area contributed by atoms with Gasteiger partial charge in [-0.05, 0) is 0 Å². The molecule has 0 atom stereocenters. The number of carbonyl (C=O) groups is 10. The van der Waals surface area contributed by atoms with E-state index in [1.54, 1.807) is 12.5 Å². The van der Waals surface area contributed by atoms with E-state index < -0.39 is 149 Å². The van der Waals surface area contributed by atoms with Gasteiger partial charge in [-0.2, -0.15) is 0 Å². The second-order valence-corrected chi connectivity index (χ2v) is 12.5. The number of carbonyl (C=O) groups excluding carboxylic acids is 6. The van der Waals surface area contributed by atoms with E-state index in [-0.39, 0.29) is 18.2 Å². The van der Waals surface area contributed by atoms with Crippen LogP contribution in [0.25, 0.3) is 21.9 Å². The highest BCUT2D eigenvalue weighted by atomic mass is 32.2. The molecule has 0 unspecified atom stereocenters. The van der Waals surface area contributed by atoms with Gasteiger partial charge in [0.2, 0.25) is 34.2 Å². The molecule has 0 saturated carbocycles. The molecule has 0 spiro atoms. The lowest BCUT2D eigenvalue weighted by Gasteiger charge is -2.02. The molecule has 0 aliphatic carbocycles. The lowest BCUT2D eigenvalue weighted by molar-refractivity contribution is -0.135. The van der Waals surface area contributed by atoms with Crippen molar-refractivity contribution in [2.75, 3.05) is 55.2 Å². The number of esters is 6. The molecule has 5 rings (SSSR count). The van der Waals surface area contributed by atoms with Crippen LogP contribution in [0, 0.1) is 11.8 Å². The number of ether oxygens (including phenoxy) is 6. The average molecular weight is 989 g/mol. The summed E-state index contributed by atoms with van der Waals surface area (Å²) in [5.41, 5.74) is -8.43. The van der Waals surface area contributed by atoms with Gasteiger partial charge in [-0.1, -0.05) is 7.43 Å². The third kappa shape index (κ3) is 14.0. The number of hydrogen-bond donors (Lipinski definition) is 4. The van der Waals surface area contributed by atoms with E-state index in [0.717, 1.165) is 28.4 Å². The SMILES string of the molecule is C.COC(=O)C#CC(=O)OC.COC(=O)c1oc(C(=O)OC)c(C(=O)OC)c1C(=O)OC.CS(C)=O.O=C(O)c1oc(C(=O)O)c(C(=O)O)c1C(=O)O.O=c1oc(=O)c2c1oc1c(=O)oc(=O)c12. The molecule has 0 saturated heterocycles. The lowest BCUT2D eigenvalue weighted by Crippen LogP contribution is -2.16. The van der Waals surface area contributed by atoms with Crippen LogP contribution in [0.3, 0.4) is 0 Å². The van der Waals surface area contributed by atoms with Gasteiger partial charge < -0.3 is 70.9 Å². The van der Waals surface area contributed by atoms with Crippen LogP contribution in [0.4, 0.5) is 0 Å². The summed E-state index contributed by atoms with van der Waals surface area (Å²) in [5, 5.41) is 33.8. The number of methoxy groups -OCH3 is 6. The molecule has 0 bridgehead atoms. The highest BCUT2D eigenvalue weighted by molar-refractivity contribution is 7.83. The molecule has 68 heavy (non-hydrogen) atoms. The number of carboxylic acid groups (broad SMARTS) is 4. The minimum absolute atomic E-state index is 0. The summed E-state index contributed by atoms with van der Waals surface area (Å²) >= 11 is 0. The van der Waals surface area contributed by atoms with Crippen LogP contribution in [-0.4, -0.2) is 139 Å². The smallest absolute Gasteiger partial charge is 0.384 e. The number of fused-ring (bicyclic) bond motifs is 3. The molecule has 4 N–H and O–H groups in total. The monoisotopic (exact) mass is 988 g/mol. The van der Waals surface area contributed by atoms with E-state index in [9.17, 15) is 71.3 Å². The Morgan fingerprint density at radius 2 is 0.691 bits per heavy atom. The van der Waals surface area contributed by atoms with E-state index in [1.807, 2.05) is 11.8 Å². The van der Waals surface area contributed by atoms with Gasteiger partial charge in [0.15, 0.2) is 0 Å². The predicted molar refractivity (Wildman–Crippen MR) is 215 cm³/mol. The highest BCUT2D eigenvalue weighted by Gasteiger charge is 2.38. The predicted octanol–water partition coefficient (Wildman–Crippen LogP) is -0.447. The Bertz CT molecular complexity index is 2890. The van der Waals surface area contributed by atoms with Gasteiger partial charge in [0.05, 0.1) is 42.7 Å². The van der Waals surface area contributed by atoms with Crippen LogP contribution in [0.5, 0.6) is 0 Å². The molecule has 366 valence electrons. The highest BCUT2D eigenvalue weighted by Crippen LogP contribution is 2.27. The van der Waals surface area contributed by atoms with Crippen LogP contribution >= 0.6 is 0 Å². The Morgan fingerprint density at radius 3 is 0.926 bits per heavy atom. The second-order valence-electron chi connectivity index (χ2n) is 11.0. The Hall–Kier alpha value is -9.47. The molecule has 0 fully saturated rings. The molecule has 0 aromatic carbocycles. The van der Waals surface area contributed by atoms with Gasteiger partial charge in [-0.3, -0.25) is 4.21 Å². The van der Waals surface area contributed by atoms with Crippen molar-refractivity contribution in [2.24, 2.45) is 0 Å². The fourth-order valence-electron chi connectivity index (χ4n) is 4.31. The zero-order valence-corrected chi connectivity index (χ0v) is 35.6. The number of hydrogen-bond acceptors (Lipinski definition) is 26. The molecule has 5 heterocycles. The van der Waals surface area contributed by atoms with Crippen LogP contribution in [0.1, 0.15) is 91.1 Å². The summed E-state index contributed by atoms with van der Waals surface area (Å²) < 4.78 is 57.9. The normalized spacial score (nSPS) is 9.60. The average Bonchev–Trinajstić information content (AvgIpc) is 4.09. The minimum atomic E-state index is -1.91. The van der Waals surface area contributed by atoms with E-state index in [2.05, 4.69) is 41.7 Å². The maximum absolute atomic E-state index is 11.8. The Balaban J connectivity index is 0.000000873. The molecule has 31 heteroatoms. The maximum atomic E-state index is 11.8. The quantitative estimate of drug-likeness (QED) is 0.0662. The van der Waals surface area contributed by atoms with Crippen LogP contribution in [0.15, 0.2) is 41.3 Å². The lowest BCUT2D eigenvalue weighted by atomic mass is 10.1. The van der Waals surface area contributed by atoms with Gasteiger partial charge in [0, 0.05) is 35.2 Å². The van der Waals surface area contributed by atoms with Gasteiger partial charge >= 0.3 is 82.2 Å². The topological polar surface area (TPSA) is 458 Å². The van der Waals surface area contributed by atoms with E-state index in [0.29, 0.717) is 0 Å².